The van der Waals surface area contributed by atoms with Crippen LogP contribution in [0.15, 0.2) is 18.2 Å². The standard InChI is InChI=1S/C13H15NO4S/c1-8-2-3-9(19-8)4-5-12(15)14-11-7-18-6-10(11)13(16)17/h2-5,10-11H,6-7H2,1H3,(H,14,15)(H,16,17). The maximum atomic E-state index is 11.7. The Balaban J connectivity index is 1.90. The van der Waals surface area contributed by atoms with Gasteiger partial charge in [-0.1, -0.05) is 0 Å². The van der Waals surface area contributed by atoms with Gasteiger partial charge in [-0.15, -0.1) is 11.3 Å². The molecule has 0 aromatic carbocycles. The largest absolute Gasteiger partial charge is 0.481 e. The summed E-state index contributed by atoms with van der Waals surface area (Å²) in [5, 5.41) is 11.6. The molecule has 0 radical (unpaired) electrons. The zero-order valence-electron chi connectivity index (χ0n) is 10.5. The lowest BCUT2D eigenvalue weighted by atomic mass is 10.0. The summed E-state index contributed by atoms with van der Waals surface area (Å²) in [5.74, 6) is -1.91. The van der Waals surface area contributed by atoms with E-state index in [0.29, 0.717) is 0 Å². The van der Waals surface area contributed by atoms with Crippen LogP contribution in [0.2, 0.25) is 0 Å². The van der Waals surface area contributed by atoms with Crippen molar-refractivity contribution in [3.05, 3.63) is 28.0 Å². The number of ether oxygens (including phenoxy) is 1. The fraction of sp³-hybridized carbons (Fsp3) is 0.385. The SMILES string of the molecule is Cc1ccc(C=CC(=O)NC2COCC2C(=O)O)s1. The summed E-state index contributed by atoms with van der Waals surface area (Å²) in [4.78, 5) is 24.8. The highest BCUT2D eigenvalue weighted by Crippen LogP contribution is 2.17. The lowest BCUT2D eigenvalue weighted by Gasteiger charge is -2.13. The van der Waals surface area contributed by atoms with Gasteiger partial charge in [-0.2, -0.15) is 0 Å². The van der Waals surface area contributed by atoms with Crippen LogP contribution >= 0.6 is 11.3 Å². The monoisotopic (exact) mass is 281 g/mol. The Hall–Kier alpha value is -1.66. The third kappa shape index (κ3) is 3.65. The van der Waals surface area contributed by atoms with Gasteiger partial charge < -0.3 is 15.2 Å². The van der Waals surface area contributed by atoms with Gasteiger partial charge in [-0.3, -0.25) is 9.59 Å². The predicted molar refractivity (Wildman–Crippen MR) is 72.0 cm³/mol. The molecule has 0 aliphatic carbocycles. The second-order valence-electron chi connectivity index (χ2n) is 4.38. The Morgan fingerprint density at radius 3 is 2.89 bits per heavy atom. The number of carbonyl (C=O) groups excluding carboxylic acids is 1. The third-order valence-corrected chi connectivity index (χ3v) is 3.85. The minimum Gasteiger partial charge on any atom is -0.481 e. The highest BCUT2D eigenvalue weighted by Gasteiger charge is 2.34. The van der Waals surface area contributed by atoms with Crippen molar-refractivity contribution in [1.29, 1.82) is 0 Å². The average molecular weight is 281 g/mol. The number of carbonyl (C=O) groups is 2. The Morgan fingerprint density at radius 1 is 1.47 bits per heavy atom. The molecule has 1 amide bonds. The molecular weight excluding hydrogens is 266 g/mol. The van der Waals surface area contributed by atoms with Crippen molar-refractivity contribution in [2.24, 2.45) is 5.92 Å². The molecule has 1 fully saturated rings. The minimum atomic E-state index is -0.944. The van der Waals surface area contributed by atoms with Gasteiger partial charge in [0.25, 0.3) is 0 Å². The van der Waals surface area contributed by atoms with Crippen LogP contribution in [0.1, 0.15) is 9.75 Å². The van der Waals surface area contributed by atoms with Gasteiger partial charge in [0.05, 0.1) is 19.3 Å². The fourth-order valence-corrected chi connectivity index (χ4v) is 2.65. The molecule has 19 heavy (non-hydrogen) atoms. The second kappa shape index (κ2) is 5.99. The van der Waals surface area contributed by atoms with E-state index >= 15 is 0 Å². The number of rotatable bonds is 4. The molecule has 2 atom stereocenters. The maximum Gasteiger partial charge on any atom is 0.311 e. The van der Waals surface area contributed by atoms with Crippen LogP contribution in [0.5, 0.6) is 0 Å². The molecular formula is C13H15NO4S. The predicted octanol–water partition coefficient (Wildman–Crippen LogP) is 1.29. The van der Waals surface area contributed by atoms with Crippen LogP contribution in [-0.2, 0) is 14.3 Å². The minimum absolute atomic E-state index is 0.147. The summed E-state index contributed by atoms with van der Waals surface area (Å²) in [7, 11) is 0. The van der Waals surface area contributed by atoms with E-state index in [9.17, 15) is 9.59 Å². The van der Waals surface area contributed by atoms with Crippen molar-refractivity contribution in [2.75, 3.05) is 13.2 Å². The fourth-order valence-electron chi connectivity index (χ4n) is 1.87. The number of amides is 1. The quantitative estimate of drug-likeness (QED) is 0.815. The van der Waals surface area contributed by atoms with Gasteiger partial charge in [0, 0.05) is 15.8 Å². The lowest BCUT2D eigenvalue weighted by Crippen LogP contribution is -2.41. The van der Waals surface area contributed by atoms with Crippen LogP contribution in [0.25, 0.3) is 6.08 Å². The van der Waals surface area contributed by atoms with Gasteiger partial charge in [-0.25, -0.2) is 0 Å². The number of nitrogens with one attached hydrogen (secondary N) is 1. The maximum absolute atomic E-state index is 11.7. The molecule has 1 aliphatic rings. The molecule has 2 rings (SSSR count). The summed E-state index contributed by atoms with van der Waals surface area (Å²) >= 11 is 1.59. The average Bonchev–Trinajstić information content (AvgIpc) is 2.95. The Kier molecular flexibility index (Phi) is 4.34. The van der Waals surface area contributed by atoms with E-state index in [2.05, 4.69) is 5.32 Å². The van der Waals surface area contributed by atoms with E-state index in [1.165, 1.54) is 11.0 Å². The van der Waals surface area contributed by atoms with Crippen molar-refractivity contribution in [3.63, 3.8) is 0 Å². The first-order valence-electron chi connectivity index (χ1n) is 5.92. The summed E-state index contributed by atoms with van der Waals surface area (Å²) in [5.41, 5.74) is 0. The Bertz CT molecular complexity index is 508. The Labute approximate surface area is 114 Å². The molecule has 2 unspecified atom stereocenters. The van der Waals surface area contributed by atoms with E-state index in [0.717, 1.165) is 4.88 Å². The van der Waals surface area contributed by atoms with Gasteiger partial charge in [0.15, 0.2) is 0 Å². The molecule has 0 saturated carbocycles. The van der Waals surface area contributed by atoms with Crippen LogP contribution in [0, 0.1) is 12.8 Å². The highest BCUT2D eigenvalue weighted by molar-refractivity contribution is 7.12. The second-order valence-corrected chi connectivity index (χ2v) is 5.70. The van der Waals surface area contributed by atoms with E-state index in [-0.39, 0.29) is 19.1 Å². The molecule has 1 aliphatic heterocycles. The molecule has 2 heterocycles. The number of carboxylic acid groups (broad SMARTS) is 1. The first kappa shape index (κ1) is 13.8. The first-order chi connectivity index (χ1) is 9.06. The first-order valence-corrected chi connectivity index (χ1v) is 6.73. The van der Waals surface area contributed by atoms with Crippen LogP contribution in [0.3, 0.4) is 0 Å². The van der Waals surface area contributed by atoms with Gasteiger partial charge in [0.1, 0.15) is 5.92 Å². The zero-order chi connectivity index (χ0) is 13.8. The molecule has 102 valence electrons. The van der Waals surface area contributed by atoms with Crippen molar-refractivity contribution >= 4 is 29.3 Å². The number of carboxylic acids is 1. The molecule has 1 aromatic rings. The van der Waals surface area contributed by atoms with Gasteiger partial charge >= 0.3 is 5.97 Å². The number of aryl methyl sites for hydroxylation is 1. The molecule has 2 N–H and O–H groups in total. The van der Waals surface area contributed by atoms with Gasteiger partial charge in [-0.05, 0) is 25.1 Å². The zero-order valence-corrected chi connectivity index (χ0v) is 11.3. The molecule has 0 spiro atoms. The number of hydrogen-bond acceptors (Lipinski definition) is 4. The molecule has 6 heteroatoms. The molecule has 0 bridgehead atoms. The lowest BCUT2D eigenvalue weighted by molar-refractivity contribution is -0.142. The summed E-state index contributed by atoms with van der Waals surface area (Å²) in [6, 6.07) is 3.45. The topological polar surface area (TPSA) is 75.6 Å². The number of aliphatic carboxylic acids is 1. The highest BCUT2D eigenvalue weighted by atomic mass is 32.1. The summed E-state index contributed by atoms with van der Waals surface area (Å²) < 4.78 is 5.08. The van der Waals surface area contributed by atoms with Crippen molar-refractivity contribution in [1.82, 2.24) is 5.32 Å². The summed E-state index contributed by atoms with van der Waals surface area (Å²) in [6.07, 6.45) is 3.14. The number of thiophene rings is 1. The Morgan fingerprint density at radius 2 is 2.26 bits per heavy atom. The van der Waals surface area contributed by atoms with Crippen LogP contribution in [-0.4, -0.2) is 36.2 Å². The number of hydrogen-bond donors (Lipinski definition) is 2. The molecule has 1 aromatic heterocycles. The normalized spacial score (nSPS) is 22.8. The molecule has 5 nitrogen and oxygen atoms in total. The third-order valence-electron chi connectivity index (χ3n) is 2.89. The van der Waals surface area contributed by atoms with E-state index in [1.807, 2.05) is 19.1 Å². The van der Waals surface area contributed by atoms with Crippen molar-refractivity contribution in [3.8, 4) is 0 Å². The van der Waals surface area contributed by atoms with Crippen molar-refractivity contribution in [2.45, 2.75) is 13.0 Å². The summed E-state index contributed by atoms with van der Waals surface area (Å²) in [6.45, 7) is 2.39. The van der Waals surface area contributed by atoms with Gasteiger partial charge in [0.2, 0.25) is 5.91 Å². The molecule has 1 saturated heterocycles. The smallest absolute Gasteiger partial charge is 0.311 e. The van der Waals surface area contributed by atoms with E-state index in [1.54, 1.807) is 17.4 Å². The van der Waals surface area contributed by atoms with Crippen LogP contribution < -0.4 is 5.32 Å². The van der Waals surface area contributed by atoms with E-state index < -0.39 is 17.9 Å². The van der Waals surface area contributed by atoms with Crippen molar-refractivity contribution < 1.29 is 19.4 Å². The van der Waals surface area contributed by atoms with E-state index in [4.69, 9.17) is 9.84 Å². The van der Waals surface area contributed by atoms with Crippen LogP contribution in [0.4, 0.5) is 0 Å².